The molecule has 1 aromatic heterocycles. The van der Waals surface area contributed by atoms with E-state index < -0.39 is 0 Å². The first-order valence-electron chi connectivity index (χ1n) is 7.79. The molecule has 0 unspecified atom stereocenters. The van der Waals surface area contributed by atoms with Gasteiger partial charge in [0.25, 0.3) is 5.91 Å². The molecule has 1 aromatic carbocycles. The summed E-state index contributed by atoms with van der Waals surface area (Å²) in [6, 6.07) is 7.49. The Balaban J connectivity index is 1.67. The summed E-state index contributed by atoms with van der Waals surface area (Å²) in [5.41, 5.74) is 1.48. The molecule has 7 heteroatoms. The monoisotopic (exact) mass is 328 g/mol. The molecule has 0 spiro atoms. The van der Waals surface area contributed by atoms with Crippen molar-refractivity contribution in [2.75, 3.05) is 20.7 Å². The van der Waals surface area contributed by atoms with Crippen molar-refractivity contribution < 1.29 is 14.3 Å². The fourth-order valence-electron chi connectivity index (χ4n) is 2.81. The largest absolute Gasteiger partial charge is 0.497 e. The lowest BCUT2D eigenvalue weighted by atomic mass is 10.1. The normalized spacial score (nSPS) is 13.3. The lowest BCUT2D eigenvalue weighted by Gasteiger charge is -2.28. The first kappa shape index (κ1) is 16.0. The number of hydrogen-bond donors (Lipinski definition) is 1. The number of aromatic nitrogens is 2. The zero-order valence-electron chi connectivity index (χ0n) is 13.8. The Kier molecular flexibility index (Phi) is 4.50. The third-order valence-corrected chi connectivity index (χ3v) is 4.19. The summed E-state index contributed by atoms with van der Waals surface area (Å²) in [6.07, 6.45) is 1.90. The van der Waals surface area contributed by atoms with Crippen LogP contribution in [-0.4, -0.2) is 47.0 Å². The molecule has 0 bridgehead atoms. The predicted molar refractivity (Wildman–Crippen MR) is 87.7 cm³/mol. The highest BCUT2D eigenvalue weighted by Crippen LogP contribution is 2.17. The van der Waals surface area contributed by atoms with E-state index in [2.05, 4.69) is 10.3 Å². The van der Waals surface area contributed by atoms with Crippen molar-refractivity contribution in [3.8, 4) is 5.75 Å². The van der Waals surface area contributed by atoms with Gasteiger partial charge in [-0.3, -0.25) is 9.59 Å². The summed E-state index contributed by atoms with van der Waals surface area (Å²) < 4.78 is 6.99. The second-order valence-corrected chi connectivity index (χ2v) is 5.63. The van der Waals surface area contributed by atoms with E-state index >= 15 is 0 Å². The number of amides is 2. The van der Waals surface area contributed by atoms with Crippen molar-refractivity contribution in [3.63, 3.8) is 0 Å². The van der Waals surface area contributed by atoms with Gasteiger partial charge < -0.3 is 19.5 Å². The van der Waals surface area contributed by atoms with Crippen LogP contribution in [0.3, 0.4) is 0 Å². The van der Waals surface area contributed by atoms with Crippen LogP contribution in [0.1, 0.15) is 21.9 Å². The van der Waals surface area contributed by atoms with Gasteiger partial charge in [-0.25, -0.2) is 4.98 Å². The number of fused-ring (bicyclic) bond motifs is 1. The number of ether oxygens (including phenoxy) is 1. The molecule has 0 radical (unpaired) electrons. The molecule has 24 heavy (non-hydrogen) atoms. The summed E-state index contributed by atoms with van der Waals surface area (Å²) >= 11 is 0. The maximum Gasteiger partial charge on any atom is 0.269 e. The van der Waals surface area contributed by atoms with Gasteiger partial charge >= 0.3 is 0 Å². The fourth-order valence-corrected chi connectivity index (χ4v) is 2.81. The molecule has 0 saturated heterocycles. The Hall–Kier alpha value is -2.83. The van der Waals surface area contributed by atoms with Gasteiger partial charge in [-0.15, -0.1) is 0 Å². The van der Waals surface area contributed by atoms with Crippen LogP contribution in [0.5, 0.6) is 5.75 Å². The average Bonchev–Trinajstić information content (AvgIpc) is 3.04. The minimum absolute atomic E-state index is 0.0518. The molecule has 0 aliphatic carbocycles. The van der Waals surface area contributed by atoms with Crippen LogP contribution in [0, 0.1) is 0 Å². The van der Waals surface area contributed by atoms with Crippen molar-refractivity contribution in [1.82, 2.24) is 19.8 Å². The Labute approximate surface area is 140 Å². The summed E-state index contributed by atoms with van der Waals surface area (Å²) in [5.74, 6) is 1.40. The number of carbonyl (C=O) groups excluding carboxylic acids is 2. The molecule has 126 valence electrons. The van der Waals surface area contributed by atoms with Crippen LogP contribution in [-0.2, 0) is 24.3 Å². The van der Waals surface area contributed by atoms with Crippen molar-refractivity contribution in [2.45, 2.75) is 19.5 Å². The summed E-state index contributed by atoms with van der Waals surface area (Å²) in [6.45, 7) is 1.57. The molecule has 2 aromatic rings. The minimum atomic E-state index is -0.160. The third kappa shape index (κ3) is 3.10. The Morgan fingerprint density at radius 1 is 1.25 bits per heavy atom. The lowest BCUT2D eigenvalue weighted by Crippen LogP contribution is -2.40. The molecule has 0 fully saturated rings. The van der Waals surface area contributed by atoms with Gasteiger partial charge in [-0.05, 0) is 17.7 Å². The molecule has 1 N–H and O–H groups in total. The zero-order valence-corrected chi connectivity index (χ0v) is 13.8. The van der Waals surface area contributed by atoms with Crippen LogP contribution >= 0.6 is 0 Å². The molecule has 2 heterocycles. The second kappa shape index (κ2) is 6.74. The van der Waals surface area contributed by atoms with Crippen LogP contribution in [0.25, 0.3) is 0 Å². The van der Waals surface area contributed by atoms with Crippen LogP contribution in [0.15, 0.2) is 30.5 Å². The van der Waals surface area contributed by atoms with Gasteiger partial charge in [-0.1, -0.05) is 12.1 Å². The van der Waals surface area contributed by atoms with E-state index in [1.807, 2.05) is 28.8 Å². The fraction of sp³-hybridized carbons (Fsp3) is 0.353. The van der Waals surface area contributed by atoms with Gasteiger partial charge in [0.15, 0.2) is 0 Å². The Bertz CT molecular complexity index is 752. The standard InChI is InChI=1S/C17H20N4O3/c1-18-17(23)14-10-19-15-11-20(7-8-21(14)15)16(22)9-12-3-5-13(24-2)6-4-12/h3-6,10H,7-9,11H2,1-2H3,(H,18,23). The number of rotatable bonds is 4. The third-order valence-electron chi connectivity index (χ3n) is 4.19. The highest BCUT2D eigenvalue weighted by atomic mass is 16.5. The zero-order chi connectivity index (χ0) is 17.1. The molecule has 7 nitrogen and oxygen atoms in total. The molecular formula is C17H20N4O3. The maximum absolute atomic E-state index is 12.5. The minimum Gasteiger partial charge on any atom is -0.497 e. The number of hydrogen-bond acceptors (Lipinski definition) is 4. The first-order chi connectivity index (χ1) is 11.6. The highest BCUT2D eigenvalue weighted by molar-refractivity contribution is 5.92. The van der Waals surface area contributed by atoms with Crippen molar-refractivity contribution in [1.29, 1.82) is 0 Å². The molecule has 2 amide bonds. The molecule has 1 aliphatic rings. The van der Waals surface area contributed by atoms with E-state index in [0.29, 0.717) is 31.7 Å². The van der Waals surface area contributed by atoms with E-state index in [1.54, 1.807) is 25.3 Å². The molecule has 0 atom stereocenters. The lowest BCUT2D eigenvalue weighted by molar-refractivity contribution is -0.132. The number of nitrogens with one attached hydrogen (secondary N) is 1. The van der Waals surface area contributed by atoms with E-state index in [-0.39, 0.29) is 11.8 Å². The van der Waals surface area contributed by atoms with Crippen molar-refractivity contribution >= 4 is 11.8 Å². The first-order valence-corrected chi connectivity index (χ1v) is 7.79. The summed E-state index contributed by atoms with van der Waals surface area (Å²) in [5, 5.41) is 2.60. The summed E-state index contributed by atoms with van der Waals surface area (Å²) in [7, 11) is 3.21. The number of imidazole rings is 1. The molecule has 0 saturated carbocycles. The van der Waals surface area contributed by atoms with Gasteiger partial charge in [0, 0.05) is 20.1 Å². The van der Waals surface area contributed by atoms with E-state index in [9.17, 15) is 9.59 Å². The van der Waals surface area contributed by atoms with E-state index in [0.717, 1.165) is 17.1 Å². The maximum atomic E-state index is 12.5. The number of methoxy groups -OCH3 is 1. The Morgan fingerprint density at radius 2 is 2.00 bits per heavy atom. The predicted octanol–water partition coefficient (Wildman–Crippen LogP) is 0.836. The van der Waals surface area contributed by atoms with Gasteiger partial charge in [0.05, 0.1) is 26.3 Å². The number of benzene rings is 1. The quantitative estimate of drug-likeness (QED) is 0.902. The second-order valence-electron chi connectivity index (χ2n) is 5.63. The molecular weight excluding hydrogens is 308 g/mol. The number of carbonyl (C=O) groups is 2. The highest BCUT2D eigenvalue weighted by Gasteiger charge is 2.25. The van der Waals surface area contributed by atoms with E-state index in [1.165, 1.54) is 0 Å². The molecule has 3 rings (SSSR count). The van der Waals surface area contributed by atoms with Crippen molar-refractivity contribution in [3.05, 3.63) is 47.5 Å². The average molecular weight is 328 g/mol. The van der Waals surface area contributed by atoms with Crippen LogP contribution in [0.4, 0.5) is 0 Å². The van der Waals surface area contributed by atoms with Crippen LogP contribution < -0.4 is 10.1 Å². The van der Waals surface area contributed by atoms with Gasteiger partial charge in [-0.2, -0.15) is 0 Å². The van der Waals surface area contributed by atoms with Crippen LogP contribution in [0.2, 0.25) is 0 Å². The van der Waals surface area contributed by atoms with E-state index in [4.69, 9.17) is 4.74 Å². The smallest absolute Gasteiger partial charge is 0.269 e. The number of nitrogens with zero attached hydrogens (tertiary/aromatic N) is 3. The SMILES string of the molecule is CNC(=O)c1cnc2n1CCN(C(=O)Cc1ccc(OC)cc1)C2. The van der Waals surface area contributed by atoms with Gasteiger partial charge in [0.2, 0.25) is 5.91 Å². The topological polar surface area (TPSA) is 76.5 Å². The van der Waals surface area contributed by atoms with Gasteiger partial charge in [0.1, 0.15) is 17.3 Å². The molecule has 1 aliphatic heterocycles. The van der Waals surface area contributed by atoms with Crippen molar-refractivity contribution in [2.24, 2.45) is 0 Å². The summed E-state index contributed by atoms with van der Waals surface area (Å²) in [4.78, 5) is 30.4. The Morgan fingerprint density at radius 3 is 2.67 bits per heavy atom.